The molecule has 90 valence electrons. The van der Waals surface area contributed by atoms with Gasteiger partial charge < -0.3 is 4.90 Å². The number of hydrogen-bond acceptors (Lipinski definition) is 1. The van der Waals surface area contributed by atoms with Crippen LogP contribution in [0.25, 0.3) is 0 Å². The van der Waals surface area contributed by atoms with Crippen molar-refractivity contribution < 1.29 is 4.79 Å². The van der Waals surface area contributed by atoms with Crippen molar-refractivity contribution in [3.63, 3.8) is 0 Å². The molecule has 2 nitrogen and oxygen atoms in total. The Labute approximate surface area is 95.0 Å². The second kappa shape index (κ2) is 5.53. The topological polar surface area (TPSA) is 20.3 Å². The molecule has 1 amide bonds. The molecule has 0 N–H and O–H groups in total. The van der Waals surface area contributed by atoms with Gasteiger partial charge in [-0.15, -0.1) is 0 Å². The summed E-state index contributed by atoms with van der Waals surface area (Å²) in [6.45, 7) is 12.7. The Morgan fingerprint density at radius 2 is 1.60 bits per heavy atom. The van der Waals surface area contributed by atoms with Gasteiger partial charge in [-0.25, -0.2) is 0 Å². The van der Waals surface area contributed by atoms with E-state index in [2.05, 4.69) is 27.7 Å². The predicted molar refractivity (Wildman–Crippen MR) is 65.8 cm³/mol. The monoisotopic (exact) mass is 213 g/mol. The van der Waals surface area contributed by atoms with Crippen LogP contribution in [0.4, 0.5) is 0 Å². The highest BCUT2D eigenvalue weighted by Gasteiger charge is 2.32. The Morgan fingerprint density at radius 3 is 1.87 bits per heavy atom. The van der Waals surface area contributed by atoms with Gasteiger partial charge in [-0.05, 0) is 25.2 Å². The summed E-state index contributed by atoms with van der Waals surface area (Å²) in [6.07, 6.45) is 2.22. The quantitative estimate of drug-likeness (QED) is 0.686. The van der Waals surface area contributed by atoms with Gasteiger partial charge in [-0.1, -0.05) is 34.6 Å². The van der Waals surface area contributed by atoms with Crippen LogP contribution in [0.15, 0.2) is 0 Å². The molecule has 15 heavy (non-hydrogen) atoms. The fourth-order valence-corrected chi connectivity index (χ4v) is 1.91. The zero-order valence-corrected chi connectivity index (χ0v) is 11.4. The maximum Gasteiger partial charge on any atom is 0.225 e. The van der Waals surface area contributed by atoms with Gasteiger partial charge in [0.15, 0.2) is 0 Å². The smallest absolute Gasteiger partial charge is 0.225 e. The maximum absolute atomic E-state index is 11.9. The zero-order valence-electron chi connectivity index (χ0n) is 11.4. The van der Waals surface area contributed by atoms with Crippen molar-refractivity contribution in [3.05, 3.63) is 0 Å². The lowest BCUT2D eigenvalue weighted by Gasteiger charge is -2.40. The number of carbonyl (C=O) groups excluding carboxylic acids is 1. The van der Waals surface area contributed by atoms with E-state index >= 15 is 0 Å². The van der Waals surface area contributed by atoms with E-state index in [1.54, 1.807) is 0 Å². The van der Waals surface area contributed by atoms with Gasteiger partial charge in [0, 0.05) is 19.0 Å². The lowest BCUT2D eigenvalue weighted by molar-refractivity contribution is -0.137. The van der Waals surface area contributed by atoms with Crippen molar-refractivity contribution in [2.24, 2.45) is 11.3 Å². The molecule has 0 saturated heterocycles. The average Bonchev–Trinajstić information content (AvgIpc) is 2.24. The summed E-state index contributed by atoms with van der Waals surface area (Å²) < 4.78 is 0. The van der Waals surface area contributed by atoms with Crippen LogP contribution in [0, 0.1) is 11.3 Å². The molecular formula is C13H27NO. The fraction of sp³-hybridized carbons (Fsp3) is 0.923. The van der Waals surface area contributed by atoms with Crippen molar-refractivity contribution in [2.45, 2.75) is 60.4 Å². The summed E-state index contributed by atoms with van der Waals surface area (Å²) in [6, 6.07) is 0.308. The van der Waals surface area contributed by atoms with E-state index in [4.69, 9.17) is 0 Å². The van der Waals surface area contributed by atoms with Crippen LogP contribution in [0.3, 0.4) is 0 Å². The van der Waals surface area contributed by atoms with E-state index in [1.165, 1.54) is 0 Å². The van der Waals surface area contributed by atoms with E-state index in [0.29, 0.717) is 6.04 Å². The second-order valence-corrected chi connectivity index (χ2v) is 5.14. The third-order valence-electron chi connectivity index (χ3n) is 4.05. The van der Waals surface area contributed by atoms with Gasteiger partial charge in [-0.2, -0.15) is 0 Å². The first kappa shape index (κ1) is 14.5. The molecule has 0 rings (SSSR count). The highest BCUT2D eigenvalue weighted by molar-refractivity contribution is 5.78. The van der Waals surface area contributed by atoms with E-state index in [9.17, 15) is 4.79 Å². The number of amides is 1. The summed E-state index contributed by atoms with van der Waals surface area (Å²) in [5.74, 6) is 0.339. The first-order valence-corrected chi connectivity index (χ1v) is 6.06. The SMILES string of the molecule is CCC(C)(CC)[C@H](C)N(C)C(=O)C(C)C. The number of rotatable bonds is 5. The molecule has 0 fully saturated rings. The minimum absolute atomic E-state index is 0.0930. The van der Waals surface area contributed by atoms with Gasteiger partial charge in [0.2, 0.25) is 5.91 Å². The van der Waals surface area contributed by atoms with Crippen molar-refractivity contribution in [3.8, 4) is 0 Å². The number of hydrogen-bond donors (Lipinski definition) is 0. The van der Waals surface area contributed by atoms with Gasteiger partial charge in [0.1, 0.15) is 0 Å². The highest BCUT2D eigenvalue weighted by Crippen LogP contribution is 2.32. The molecule has 1 atom stereocenters. The van der Waals surface area contributed by atoms with E-state index < -0.39 is 0 Å². The Hall–Kier alpha value is -0.530. The Bertz CT molecular complexity index is 207. The molecule has 0 aliphatic rings. The Morgan fingerprint density at radius 1 is 1.20 bits per heavy atom. The Kier molecular flexibility index (Phi) is 5.33. The lowest BCUT2D eigenvalue weighted by Crippen LogP contribution is -2.46. The third-order valence-corrected chi connectivity index (χ3v) is 4.05. The highest BCUT2D eigenvalue weighted by atomic mass is 16.2. The molecule has 0 unspecified atom stereocenters. The standard InChI is InChI=1S/C13H27NO/c1-8-13(6,9-2)11(5)14(7)12(15)10(3)4/h10-11H,8-9H2,1-7H3/t11-/m0/s1. The molecule has 0 spiro atoms. The van der Waals surface area contributed by atoms with Crippen LogP contribution in [-0.2, 0) is 4.79 Å². The predicted octanol–water partition coefficient (Wildman–Crippen LogP) is 3.32. The second-order valence-electron chi connectivity index (χ2n) is 5.14. The summed E-state index contributed by atoms with van der Waals surface area (Å²) in [5.41, 5.74) is 0.235. The minimum atomic E-state index is 0.0930. The molecule has 2 heteroatoms. The van der Waals surface area contributed by atoms with Crippen molar-refractivity contribution in [1.82, 2.24) is 4.90 Å². The number of nitrogens with zero attached hydrogens (tertiary/aromatic N) is 1. The molecular weight excluding hydrogens is 186 g/mol. The van der Waals surface area contributed by atoms with Gasteiger partial charge in [-0.3, -0.25) is 4.79 Å². The van der Waals surface area contributed by atoms with Crippen LogP contribution in [0.2, 0.25) is 0 Å². The average molecular weight is 213 g/mol. The largest absolute Gasteiger partial charge is 0.342 e. The summed E-state index contributed by atoms with van der Waals surface area (Å²) >= 11 is 0. The first-order valence-electron chi connectivity index (χ1n) is 6.06. The van der Waals surface area contributed by atoms with Crippen LogP contribution < -0.4 is 0 Å². The molecule has 0 aliphatic carbocycles. The first-order chi connectivity index (χ1) is 6.80. The summed E-state index contributed by atoms with van der Waals surface area (Å²) in [4.78, 5) is 13.8. The van der Waals surface area contributed by atoms with Crippen molar-refractivity contribution in [2.75, 3.05) is 7.05 Å². The van der Waals surface area contributed by atoms with Crippen LogP contribution >= 0.6 is 0 Å². The number of carbonyl (C=O) groups is 1. The molecule has 0 aromatic carbocycles. The van der Waals surface area contributed by atoms with E-state index in [-0.39, 0.29) is 17.2 Å². The van der Waals surface area contributed by atoms with Crippen LogP contribution in [-0.4, -0.2) is 23.9 Å². The van der Waals surface area contributed by atoms with Gasteiger partial charge in [0.05, 0.1) is 0 Å². The molecule has 0 aromatic rings. The minimum Gasteiger partial charge on any atom is -0.342 e. The van der Waals surface area contributed by atoms with Gasteiger partial charge in [0.25, 0.3) is 0 Å². The van der Waals surface area contributed by atoms with Gasteiger partial charge >= 0.3 is 0 Å². The molecule has 0 aliphatic heterocycles. The summed E-state index contributed by atoms with van der Waals surface area (Å²) in [7, 11) is 1.93. The molecule has 0 saturated carbocycles. The summed E-state index contributed by atoms with van der Waals surface area (Å²) in [5, 5.41) is 0. The van der Waals surface area contributed by atoms with E-state index in [1.807, 2.05) is 25.8 Å². The maximum atomic E-state index is 11.9. The lowest BCUT2D eigenvalue weighted by atomic mass is 9.77. The normalized spacial score (nSPS) is 14.1. The Balaban J connectivity index is 4.69. The molecule has 0 radical (unpaired) electrons. The zero-order chi connectivity index (χ0) is 12.2. The van der Waals surface area contributed by atoms with Crippen LogP contribution in [0.5, 0.6) is 0 Å². The van der Waals surface area contributed by atoms with Crippen molar-refractivity contribution in [1.29, 1.82) is 0 Å². The fourth-order valence-electron chi connectivity index (χ4n) is 1.91. The van der Waals surface area contributed by atoms with Crippen LogP contribution in [0.1, 0.15) is 54.4 Å². The molecule has 0 bridgehead atoms. The molecule has 0 aromatic heterocycles. The van der Waals surface area contributed by atoms with E-state index in [0.717, 1.165) is 12.8 Å². The third kappa shape index (κ3) is 3.22. The molecule has 0 heterocycles. The van der Waals surface area contributed by atoms with Crippen molar-refractivity contribution >= 4 is 5.91 Å².